The largest absolute Gasteiger partial charge is 0.394 e. The Hall–Kier alpha value is -2.53. The van der Waals surface area contributed by atoms with Gasteiger partial charge in [-0.15, -0.1) is 0 Å². The SMILES string of the molecule is CC1C(NC(=O)[C@@H]2[C@H]([C@H](C)O)C(CO)ON2Cc2cccc(-c3ccc(NCCN4CCOCC4)cc3)c2)C[C@H]2C[C@@H]1C2(C)C. The van der Waals surface area contributed by atoms with E-state index in [-0.39, 0.29) is 18.6 Å². The number of benzene rings is 2. The number of rotatable bonds is 11. The van der Waals surface area contributed by atoms with Gasteiger partial charge in [0.15, 0.2) is 0 Å². The van der Waals surface area contributed by atoms with Crippen molar-refractivity contribution in [2.75, 3.05) is 51.3 Å². The molecule has 5 aliphatic rings. The van der Waals surface area contributed by atoms with Crippen LogP contribution in [-0.2, 0) is 20.9 Å². The predicted octanol–water partition coefficient (Wildman–Crippen LogP) is 3.76. The molecule has 9 heteroatoms. The zero-order valence-corrected chi connectivity index (χ0v) is 27.3. The lowest BCUT2D eigenvalue weighted by Gasteiger charge is -2.62. The summed E-state index contributed by atoms with van der Waals surface area (Å²) in [6, 6.07) is 16.2. The molecule has 2 aliphatic heterocycles. The molecule has 2 heterocycles. The number of aliphatic hydroxyl groups excluding tert-OH is 2. The summed E-state index contributed by atoms with van der Waals surface area (Å²) in [5, 5.41) is 29.5. The van der Waals surface area contributed by atoms with E-state index < -0.39 is 24.2 Å². The zero-order valence-electron chi connectivity index (χ0n) is 27.3. The van der Waals surface area contributed by atoms with Crippen molar-refractivity contribution < 1.29 is 24.6 Å². The molecule has 0 aromatic heterocycles. The lowest BCUT2D eigenvalue weighted by Crippen LogP contribution is -2.62. The average molecular weight is 621 g/mol. The van der Waals surface area contributed by atoms with Crippen LogP contribution in [0.2, 0.25) is 0 Å². The van der Waals surface area contributed by atoms with E-state index >= 15 is 0 Å². The highest BCUT2D eigenvalue weighted by atomic mass is 16.7. The Morgan fingerprint density at radius 3 is 2.51 bits per heavy atom. The molecular formula is C36H52N4O5. The highest BCUT2D eigenvalue weighted by molar-refractivity contribution is 5.83. The molecule has 246 valence electrons. The van der Waals surface area contributed by atoms with Crippen LogP contribution < -0.4 is 10.6 Å². The van der Waals surface area contributed by atoms with E-state index in [0.717, 1.165) is 68.2 Å². The maximum atomic E-state index is 14.0. The van der Waals surface area contributed by atoms with Gasteiger partial charge in [-0.25, -0.2) is 0 Å². The van der Waals surface area contributed by atoms with Crippen molar-refractivity contribution >= 4 is 11.6 Å². The van der Waals surface area contributed by atoms with Gasteiger partial charge in [0.05, 0.1) is 32.5 Å². The number of hydrogen-bond acceptors (Lipinski definition) is 8. The summed E-state index contributed by atoms with van der Waals surface area (Å²) in [6.45, 7) is 14.3. The second-order valence-corrected chi connectivity index (χ2v) is 14.4. The Kier molecular flexibility index (Phi) is 9.85. The fourth-order valence-corrected chi connectivity index (χ4v) is 8.48. The number of aliphatic hydroxyl groups is 2. The number of nitrogens with zero attached hydrogens (tertiary/aromatic N) is 2. The summed E-state index contributed by atoms with van der Waals surface area (Å²) < 4.78 is 5.44. The van der Waals surface area contributed by atoms with Crippen LogP contribution in [0.15, 0.2) is 48.5 Å². The topological polar surface area (TPSA) is 107 Å². The van der Waals surface area contributed by atoms with Gasteiger partial charge < -0.3 is 25.6 Å². The van der Waals surface area contributed by atoms with Crippen LogP contribution in [0.5, 0.6) is 0 Å². The van der Waals surface area contributed by atoms with Gasteiger partial charge >= 0.3 is 0 Å². The van der Waals surface area contributed by atoms with E-state index in [2.05, 4.69) is 72.7 Å². The number of ether oxygens (including phenoxy) is 1. The molecule has 45 heavy (non-hydrogen) atoms. The highest BCUT2D eigenvalue weighted by Gasteiger charge is 2.57. The average Bonchev–Trinajstić information content (AvgIpc) is 3.41. The minimum Gasteiger partial charge on any atom is -0.394 e. The smallest absolute Gasteiger partial charge is 0.240 e. The number of carbonyl (C=O) groups is 1. The van der Waals surface area contributed by atoms with Crippen molar-refractivity contribution in [2.24, 2.45) is 29.1 Å². The van der Waals surface area contributed by atoms with Gasteiger partial charge in [0.25, 0.3) is 0 Å². The van der Waals surface area contributed by atoms with Crippen LogP contribution in [0.25, 0.3) is 11.1 Å². The van der Waals surface area contributed by atoms with E-state index in [1.54, 1.807) is 12.0 Å². The van der Waals surface area contributed by atoms with Crippen molar-refractivity contribution in [3.63, 3.8) is 0 Å². The van der Waals surface area contributed by atoms with E-state index in [1.807, 2.05) is 12.1 Å². The number of hydrogen-bond donors (Lipinski definition) is 4. The van der Waals surface area contributed by atoms with E-state index in [0.29, 0.717) is 29.7 Å². The molecule has 4 N–H and O–H groups in total. The number of hydroxylamine groups is 2. The van der Waals surface area contributed by atoms with Crippen molar-refractivity contribution in [3.8, 4) is 11.1 Å². The van der Waals surface area contributed by atoms with Crippen molar-refractivity contribution in [1.29, 1.82) is 0 Å². The first-order valence-corrected chi connectivity index (χ1v) is 16.9. The Bertz CT molecular complexity index is 1300. The fraction of sp³-hybridized carbons (Fsp3) is 0.639. The Balaban J connectivity index is 1.12. The monoisotopic (exact) mass is 620 g/mol. The van der Waals surface area contributed by atoms with Crippen LogP contribution in [0.3, 0.4) is 0 Å². The third-order valence-electron chi connectivity index (χ3n) is 11.4. The molecule has 2 aromatic carbocycles. The molecule has 9 nitrogen and oxygen atoms in total. The molecule has 0 spiro atoms. The second-order valence-electron chi connectivity index (χ2n) is 14.4. The first-order chi connectivity index (χ1) is 21.7. The maximum absolute atomic E-state index is 14.0. The predicted molar refractivity (Wildman–Crippen MR) is 175 cm³/mol. The van der Waals surface area contributed by atoms with Crippen LogP contribution in [-0.4, -0.2) is 96.4 Å². The van der Waals surface area contributed by atoms with Gasteiger partial charge in [-0.3, -0.25) is 14.5 Å². The molecule has 7 rings (SSSR count). The van der Waals surface area contributed by atoms with Gasteiger partial charge in [-0.2, -0.15) is 5.06 Å². The summed E-state index contributed by atoms with van der Waals surface area (Å²) in [7, 11) is 0. The van der Waals surface area contributed by atoms with Gasteiger partial charge in [0, 0.05) is 43.8 Å². The zero-order chi connectivity index (χ0) is 31.7. The van der Waals surface area contributed by atoms with E-state index in [1.165, 1.54) is 6.42 Å². The molecule has 5 fully saturated rings. The number of morpholine rings is 1. The van der Waals surface area contributed by atoms with E-state index in [9.17, 15) is 15.0 Å². The van der Waals surface area contributed by atoms with Gasteiger partial charge in [0.1, 0.15) is 12.1 Å². The van der Waals surface area contributed by atoms with Gasteiger partial charge in [-0.1, -0.05) is 51.1 Å². The second kappa shape index (κ2) is 13.7. The molecule has 3 aliphatic carbocycles. The quantitative estimate of drug-likeness (QED) is 0.301. The summed E-state index contributed by atoms with van der Waals surface area (Å²) >= 11 is 0. The number of fused-ring (bicyclic) bond motifs is 2. The minimum absolute atomic E-state index is 0.110. The molecule has 1 amide bonds. The maximum Gasteiger partial charge on any atom is 0.240 e. The van der Waals surface area contributed by atoms with Crippen molar-refractivity contribution in [2.45, 2.75) is 71.4 Å². The lowest BCUT2D eigenvalue weighted by atomic mass is 9.45. The molecule has 2 aromatic rings. The number of anilines is 1. The van der Waals surface area contributed by atoms with Crippen molar-refractivity contribution in [3.05, 3.63) is 54.1 Å². The molecule has 8 atom stereocenters. The number of carbonyl (C=O) groups excluding carboxylic acids is 1. The standard InChI is InChI=1S/C36H52N4O5/c1-23-30-19-28(36(30,3)4)20-31(23)38-35(43)34-33(24(2)42)32(22-41)45-40(34)21-25-6-5-7-27(18-25)26-8-10-29(11-9-26)37-12-13-39-14-16-44-17-15-39/h5-11,18,23-24,28,30-34,37,41-42H,12-17,19-22H2,1-4H3,(H,38,43)/t23?,24-,28+,30-,31?,32?,33+,34-/m0/s1. The molecule has 2 bridgehead atoms. The van der Waals surface area contributed by atoms with Crippen LogP contribution in [0.4, 0.5) is 5.69 Å². The van der Waals surface area contributed by atoms with Gasteiger partial charge in [-0.05, 0) is 77.8 Å². The first kappa shape index (κ1) is 32.4. The number of amides is 1. The van der Waals surface area contributed by atoms with Crippen LogP contribution in [0.1, 0.15) is 46.1 Å². The Labute approximate surface area is 268 Å². The summed E-state index contributed by atoms with van der Waals surface area (Å²) in [6.07, 6.45) is 0.763. The van der Waals surface area contributed by atoms with Gasteiger partial charge in [0.2, 0.25) is 5.91 Å². The summed E-state index contributed by atoms with van der Waals surface area (Å²) in [5.41, 5.74) is 4.61. The summed E-state index contributed by atoms with van der Waals surface area (Å²) in [5.74, 6) is 0.969. The van der Waals surface area contributed by atoms with E-state index in [4.69, 9.17) is 9.57 Å². The normalized spacial score (nSPS) is 32.1. The third-order valence-corrected chi connectivity index (χ3v) is 11.4. The van der Waals surface area contributed by atoms with Crippen LogP contribution in [0, 0.1) is 29.1 Å². The molecule has 3 saturated carbocycles. The molecule has 3 unspecified atom stereocenters. The summed E-state index contributed by atoms with van der Waals surface area (Å²) in [4.78, 5) is 22.6. The number of nitrogens with one attached hydrogen (secondary N) is 2. The Morgan fingerprint density at radius 2 is 1.84 bits per heavy atom. The Morgan fingerprint density at radius 1 is 1.09 bits per heavy atom. The van der Waals surface area contributed by atoms with Crippen LogP contribution >= 0.6 is 0 Å². The molecule has 0 radical (unpaired) electrons. The third kappa shape index (κ3) is 6.80. The molecular weight excluding hydrogens is 568 g/mol. The highest BCUT2D eigenvalue weighted by Crippen LogP contribution is 2.61. The lowest BCUT2D eigenvalue weighted by molar-refractivity contribution is -0.183. The first-order valence-electron chi connectivity index (χ1n) is 16.9. The molecule has 2 saturated heterocycles. The fourth-order valence-electron chi connectivity index (χ4n) is 8.48. The minimum atomic E-state index is -0.814. The van der Waals surface area contributed by atoms with Crippen molar-refractivity contribution in [1.82, 2.24) is 15.3 Å².